The SMILES string of the molecule is CCCCCCCCc1nnc(NC(=O)CCNS(=O)(=O)c2ccc(OC)c(OC)c2)s1. The molecule has 0 fully saturated rings. The number of aryl methyl sites for hydroxylation is 1. The van der Waals surface area contributed by atoms with E-state index in [0.29, 0.717) is 16.6 Å². The number of carbonyl (C=O) groups is 1. The third-order valence-electron chi connectivity index (χ3n) is 4.77. The molecular weight excluding hydrogens is 452 g/mol. The topological polar surface area (TPSA) is 120 Å². The molecule has 1 heterocycles. The summed E-state index contributed by atoms with van der Waals surface area (Å²) in [6, 6.07) is 4.29. The minimum Gasteiger partial charge on any atom is -0.493 e. The molecule has 0 aliphatic rings. The van der Waals surface area contributed by atoms with Crippen molar-refractivity contribution in [3.63, 3.8) is 0 Å². The van der Waals surface area contributed by atoms with Crippen LogP contribution in [0.1, 0.15) is 56.9 Å². The Bertz CT molecular complexity index is 963. The highest BCUT2D eigenvalue weighted by atomic mass is 32.2. The predicted octanol–water partition coefficient (Wildman–Crippen LogP) is 3.77. The maximum absolute atomic E-state index is 12.5. The fraction of sp³-hybridized carbons (Fsp3) is 0.571. The summed E-state index contributed by atoms with van der Waals surface area (Å²) in [4.78, 5) is 12.2. The Labute approximate surface area is 194 Å². The van der Waals surface area contributed by atoms with Crippen molar-refractivity contribution in [2.75, 3.05) is 26.1 Å². The average molecular weight is 485 g/mol. The van der Waals surface area contributed by atoms with Crippen LogP contribution in [0.4, 0.5) is 5.13 Å². The number of hydrogen-bond donors (Lipinski definition) is 2. The summed E-state index contributed by atoms with van der Waals surface area (Å²) in [6.45, 7) is 2.15. The van der Waals surface area contributed by atoms with Gasteiger partial charge in [0.15, 0.2) is 11.5 Å². The van der Waals surface area contributed by atoms with Crippen LogP contribution in [0.5, 0.6) is 11.5 Å². The zero-order valence-electron chi connectivity index (χ0n) is 18.8. The molecule has 178 valence electrons. The maximum atomic E-state index is 12.5. The summed E-state index contributed by atoms with van der Waals surface area (Å²) in [5.74, 6) is 0.405. The first kappa shape index (κ1) is 26.0. The molecule has 2 aromatic rings. The minimum atomic E-state index is -3.79. The van der Waals surface area contributed by atoms with Gasteiger partial charge in [0.2, 0.25) is 21.1 Å². The monoisotopic (exact) mass is 484 g/mol. The maximum Gasteiger partial charge on any atom is 0.240 e. The number of hydrogen-bond acceptors (Lipinski definition) is 8. The van der Waals surface area contributed by atoms with Crippen molar-refractivity contribution in [2.45, 2.75) is 63.2 Å². The van der Waals surface area contributed by atoms with E-state index in [0.717, 1.165) is 17.8 Å². The molecule has 0 radical (unpaired) electrons. The Morgan fingerprint density at radius 1 is 1.03 bits per heavy atom. The first-order valence-electron chi connectivity index (χ1n) is 10.7. The fourth-order valence-corrected chi connectivity index (χ4v) is 4.85. The van der Waals surface area contributed by atoms with Gasteiger partial charge in [-0.25, -0.2) is 13.1 Å². The Kier molecular flexibility index (Phi) is 10.8. The second kappa shape index (κ2) is 13.3. The molecule has 0 aliphatic heterocycles. The molecule has 0 saturated carbocycles. The quantitative estimate of drug-likeness (QED) is 0.369. The van der Waals surface area contributed by atoms with Gasteiger partial charge in [0, 0.05) is 25.5 Å². The van der Waals surface area contributed by atoms with Crippen LogP contribution in [-0.2, 0) is 21.2 Å². The molecular formula is C21H32N4O5S2. The molecule has 0 atom stereocenters. The molecule has 32 heavy (non-hydrogen) atoms. The van der Waals surface area contributed by atoms with Gasteiger partial charge in [-0.15, -0.1) is 10.2 Å². The number of aromatic nitrogens is 2. The number of amides is 1. The predicted molar refractivity (Wildman–Crippen MR) is 125 cm³/mol. The lowest BCUT2D eigenvalue weighted by Crippen LogP contribution is -2.27. The van der Waals surface area contributed by atoms with Crippen LogP contribution in [0.3, 0.4) is 0 Å². The summed E-state index contributed by atoms with van der Waals surface area (Å²) < 4.78 is 37.6. The molecule has 0 bridgehead atoms. The van der Waals surface area contributed by atoms with E-state index in [2.05, 4.69) is 27.2 Å². The number of methoxy groups -OCH3 is 2. The smallest absolute Gasteiger partial charge is 0.240 e. The summed E-state index contributed by atoms with van der Waals surface area (Å²) >= 11 is 1.35. The van der Waals surface area contributed by atoms with Crippen LogP contribution in [0, 0.1) is 0 Å². The molecule has 0 unspecified atom stereocenters. The number of benzene rings is 1. The van der Waals surface area contributed by atoms with Crippen molar-refractivity contribution < 1.29 is 22.7 Å². The van der Waals surface area contributed by atoms with E-state index < -0.39 is 10.0 Å². The second-order valence-electron chi connectivity index (χ2n) is 7.23. The molecule has 2 rings (SSSR count). The van der Waals surface area contributed by atoms with E-state index in [1.807, 2.05) is 0 Å². The standard InChI is InChI=1S/C21H32N4O5S2/c1-4-5-6-7-8-9-10-20-24-25-21(31-20)23-19(26)13-14-22-32(27,28)16-11-12-17(29-2)18(15-16)30-3/h11-12,15,22H,4-10,13-14H2,1-3H3,(H,23,25,26). The van der Waals surface area contributed by atoms with E-state index in [1.54, 1.807) is 0 Å². The normalized spacial score (nSPS) is 11.3. The van der Waals surface area contributed by atoms with Crippen molar-refractivity contribution in [3.05, 3.63) is 23.2 Å². The van der Waals surface area contributed by atoms with Crippen LogP contribution < -0.4 is 19.5 Å². The van der Waals surface area contributed by atoms with Gasteiger partial charge in [0.05, 0.1) is 19.1 Å². The molecule has 1 aromatic heterocycles. The lowest BCUT2D eigenvalue weighted by atomic mass is 10.1. The summed E-state index contributed by atoms with van der Waals surface area (Å²) in [7, 11) is -0.892. The van der Waals surface area contributed by atoms with Gasteiger partial charge in [0.25, 0.3) is 0 Å². The van der Waals surface area contributed by atoms with Crippen molar-refractivity contribution in [1.29, 1.82) is 0 Å². The largest absolute Gasteiger partial charge is 0.493 e. The molecule has 1 amide bonds. The van der Waals surface area contributed by atoms with Crippen molar-refractivity contribution >= 4 is 32.4 Å². The molecule has 11 heteroatoms. The summed E-state index contributed by atoms with van der Waals surface area (Å²) in [5.41, 5.74) is 0. The molecule has 0 saturated heterocycles. The summed E-state index contributed by atoms with van der Waals surface area (Å²) in [5, 5.41) is 12.1. The van der Waals surface area contributed by atoms with Gasteiger partial charge in [-0.05, 0) is 18.6 Å². The first-order chi connectivity index (χ1) is 15.4. The van der Waals surface area contributed by atoms with Crippen molar-refractivity contribution in [3.8, 4) is 11.5 Å². The van der Waals surface area contributed by atoms with Gasteiger partial charge >= 0.3 is 0 Å². The van der Waals surface area contributed by atoms with E-state index in [4.69, 9.17) is 9.47 Å². The Balaban J connectivity index is 1.76. The first-order valence-corrected chi connectivity index (χ1v) is 13.0. The van der Waals surface area contributed by atoms with Gasteiger partial charge in [-0.1, -0.05) is 50.4 Å². The third-order valence-corrected chi connectivity index (χ3v) is 7.12. The molecule has 2 N–H and O–H groups in total. The number of nitrogens with zero attached hydrogens (tertiary/aromatic N) is 2. The molecule has 0 aliphatic carbocycles. The zero-order valence-corrected chi connectivity index (χ0v) is 20.5. The highest BCUT2D eigenvalue weighted by Crippen LogP contribution is 2.29. The number of sulfonamides is 1. The number of carbonyl (C=O) groups excluding carboxylic acids is 1. The average Bonchev–Trinajstić information content (AvgIpc) is 3.22. The molecule has 9 nitrogen and oxygen atoms in total. The minimum absolute atomic E-state index is 0.0269. The van der Waals surface area contributed by atoms with Gasteiger partial charge in [-0.2, -0.15) is 0 Å². The van der Waals surface area contributed by atoms with E-state index in [9.17, 15) is 13.2 Å². The number of unbranched alkanes of at least 4 members (excludes halogenated alkanes) is 5. The van der Waals surface area contributed by atoms with Crippen LogP contribution in [-0.4, -0.2) is 45.3 Å². The van der Waals surface area contributed by atoms with E-state index >= 15 is 0 Å². The molecule has 1 aromatic carbocycles. The Morgan fingerprint density at radius 3 is 2.47 bits per heavy atom. The highest BCUT2D eigenvalue weighted by molar-refractivity contribution is 7.89. The Morgan fingerprint density at radius 2 is 1.75 bits per heavy atom. The Hall–Kier alpha value is -2.24. The van der Waals surface area contributed by atoms with Gasteiger partial charge in [0.1, 0.15) is 5.01 Å². The van der Waals surface area contributed by atoms with Crippen molar-refractivity contribution in [1.82, 2.24) is 14.9 Å². The van der Waals surface area contributed by atoms with Crippen LogP contribution in [0.15, 0.2) is 23.1 Å². The number of anilines is 1. The summed E-state index contributed by atoms with van der Waals surface area (Å²) in [6.07, 6.45) is 8.06. The highest BCUT2D eigenvalue weighted by Gasteiger charge is 2.17. The lowest BCUT2D eigenvalue weighted by molar-refractivity contribution is -0.116. The number of ether oxygens (including phenoxy) is 2. The van der Waals surface area contributed by atoms with Crippen molar-refractivity contribution in [2.24, 2.45) is 0 Å². The number of rotatable bonds is 15. The van der Waals surface area contributed by atoms with Gasteiger partial charge < -0.3 is 14.8 Å². The fourth-order valence-electron chi connectivity index (χ4n) is 3.01. The van der Waals surface area contributed by atoms with E-state index in [1.165, 1.54) is 75.9 Å². The lowest BCUT2D eigenvalue weighted by Gasteiger charge is -2.11. The molecule has 0 spiro atoms. The third kappa shape index (κ3) is 8.36. The van der Waals surface area contributed by atoms with Crippen LogP contribution in [0.25, 0.3) is 0 Å². The van der Waals surface area contributed by atoms with Crippen LogP contribution in [0.2, 0.25) is 0 Å². The zero-order chi connectivity index (χ0) is 23.4. The van der Waals surface area contributed by atoms with Crippen LogP contribution >= 0.6 is 11.3 Å². The second-order valence-corrected chi connectivity index (χ2v) is 10.1. The number of nitrogens with one attached hydrogen (secondary N) is 2. The van der Waals surface area contributed by atoms with E-state index in [-0.39, 0.29) is 23.8 Å². The van der Waals surface area contributed by atoms with Gasteiger partial charge in [-0.3, -0.25) is 4.79 Å².